The third-order valence-electron chi connectivity index (χ3n) is 2.78. The van der Waals surface area contributed by atoms with Crippen LogP contribution >= 0.6 is 0 Å². The molecule has 0 radical (unpaired) electrons. The average Bonchev–Trinajstić information content (AvgIpc) is 2.77. The van der Waals surface area contributed by atoms with E-state index in [2.05, 4.69) is 10.2 Å². The standard InChI is InChI=1S/C13H14N2O5/c1-19-10-4-2-9(3-5-10)8-14-13(18)20-15-11(16)6-7-12(15)17/h2-5H,6-8H2,1H3,(H,14,18). The summed E-state index contributed by atoms with van der Waals surface area (Å²) in [6.45, 7) is 0.221. The number of amides is 3. The van der Waals surface area contributed by atoms with Crippen LogP contribution in [0.1, 0.15) is 18.4 Å². The van der Waals surface area contributed by atoms with Gasteiger partial charge in [0.1, 0.15) is 5.75 Å². The molecule has 1 aromatic rings. The molecule has 1 aromatic carbocycles. The lowest BCUT2D eigenvalue weighted by atomic mass is 10.2. The number of benzene rings is 1. The van der Waals surface area contributed by atoms with Gasteiger partial charge in [0.15, 0.2) is 0 Å². The van der Waals surface area contributed by atoms with Crippen LogP contribution in [0.25, 0.3) is 0 Å². The van der Waals surface area contributed by atoms with Crippen LogP contribution in [0.15, 0.2) is 24.3 Å². The van der Waals surface area contributed by atoms with Crippen LogP contribution in [-0.4, -0.2) is 30.1 Å². The highest BCUT2D eigenvalue weighted by Gasteiger charge is 2.32. The van der Waals surface area contributed by atoms with Crippen LogP contribution in [0.3, 0.4) is 0 Å². The van der Waals surface area contributed by atoms with Crippen molar-refractivity contribution in [2.24, 2.45) is 0 Å². The van der Waals surface area contributed by atoms with Crippen molar-refractivity contribution in [3.05, 3.63) is 29.8 Å². The van der Waals surface area contributed by atoms with E-state index in [9.17, 15) is 14.4 Å². The molecule has 0 saturated carbocycles. The third-order valence-corrected chi connectivity index (χ3v) is 2.78. The number of nitrogens with one attached hydrogen (secondary N) is 1. The molecule has 0 aliphatic carbocycles. The van der Waals surface area contributed by atoms with Gasteiger partial charge in [0.25, 0.3) is 11.8 Å². The maximum atomic E-state index is 11.5. The molecule has 7 heteroatoms. The number of nitrogens with zero attached hydrogens (tertiary/aromatic N) is 1. The minimum absolute atomic E-state index is 0.0740. The zero-order valence-electron chi connectivity index (χ0n) is 10.9. The lowest BCUT2D eigenvalue weighted by molar-refractivity contribution is -0.171. The van der Waals surface area contributed by atoms with Gasteiger partial charge in [-0.2, -0.15) is 0 Å². The van der Waals surface area contributed by atoms with Gasteiger partial charge >= 0.3 is 6.09 Å². The molecule has 1 aliphatic rings. The highest BCUT2D eigenvalue weighted by molar-refractivity contribution is 6.01. The van der Waals surface area contributed by atoms with Gasteiger partial charge in [0.05, 0.1) is 7.11 Å². The number of methoxy groups -OCH3 is 1. The summed E-state index contributed by atoms with van der Waals surface area (Å²) in [5.41, 5.74) is 0.835. The molecule has 106 valence electrons. The first-order valence-corrected chi connectivity index (χ1v) is 6.04. The van der Waals surface area contributed by atoms with E-state index in [0.29, 0.717) is 10.8 Å². The fraction of sp³-hybridized carbons (Fsp3) is 0.308. The van der Waals surface area contributed by atoms with Crippen molar-refractivity contribution >= 4 is 17.9 Å². The Balaban J connectivity index is 1.82. The van der Waals surface area contributed by atoms with E-state index in [1.54, 1.807) is 31.4 Å². The van der Waals surface area contributed by atoms with E-state index in [-0.39, 0.29) is 19.4 Å². The Morgan fingerprint density at radius 1 is 1.20 bits per heavy atom. The number of carbonyl (C=O) groups is 3. The van der Waals surface area contributed by atoms with Crippen molar-refractivity contribution in [1.82, 2.24) is 10.4 Å². The lowest BCUT2D eigenvalue weighted by Gasteiger charge is -2.13. The number of carbonyl (C=O) groups excluding carboxylic acids is 3. The van der Waals surface area contributed by atoms with E-state index in [1.165, 1.54) is 0 Å². The quantitative estimate of drug-likeness (QED) is 0.830. The maximum Gasteiger partial charge on any atom is 0.432 e. The van der Waals surface area contributed by atoms with Gasteiger partial charge in [-0.3, -0.25) is 9.59 Å². The molecule has 1 heterocycles. The Morgan fingerprint density at radius 2 is 1.80 bits per heavy atom. The number of hydroxylamine groups is 2. The molecule has 1 N–H and O–H groups in total. The van der Waals surface area contributed by atoms with E-state index in [4.69, 9.17) is 4.74 Å². The van der Waals surface area contributed by atoms with Crippen LogP contribution in [0.4, 0.5) is 4.79 Å². The van der Waals surface area contributed by atoms with E-state index < -0.39 is 17.9 Å². The lowest BCUT2D eigenvalue weighted by Crippen LogP contribution is -2.36. The Labute approximate surface area is 115 Å². The Kier molecular flexibility index (Phi) is 4.19. The summed E-state index contributed by atoms with van der Waals surface area (Å²) in [7, 11) is 1.56. The number of hydrogen-bond acceptors (Lipinski definition) is 5. The van der Waals surface area contributed by atoms with Crippen molar-refractivity contribution in [2.45, 2.75) is 19.4 Å². The first kappa shape index (κ1) is 13.9. The van der Waals surface area contributed by atoms with Crippen LogP contribution in [0.2, 0.25) is 0 Å². The van der Waals surface area contributed by atoms with Crippen LogP contribution < -0.4 is 10.1 Å². The van der Waals surface area contributed by atoms with Crippen molar-refractivity contribution in [3.8, 4) is 5.75 Å². The maximum absolute atomic E-state index is 11.5. The summed E-state index contributed by atoms with van der Waals surface area (Å²) >= 11 is 0. The van der Waals surface area contributed by atoms with Crippen LogP contribution in [-0.2, 0) is 21.0 Å². The van der Waals surface area contributed by atoms with Gasteiger partial charge in [-0.25, -0.2) is 4.79 Å². The van der Waals surface area contributed by atoms with E-state index >= 15 is 0 Å². The second-order valence-electron chi connectivity index (χ2n) is 4.16. The molecule has 0 atom stereocenters. The minimum Gasteiger partial charge on any atom is -0.497 e. The summed E-state index contributed by atoms with van der Waals surface area (Å²) in [5, 5.41) is 2.96. The molecule has 1 saturated heterocycles. The summed E-state index contributed by atoms with van der Waals surface area (Å²) in [6, 6.07) is 7.09. The van der Waals surface area contributed by atoms with Gasteiger partial charge in [0, 0.05) is 19.4 Å². The van der Waals surface area contributed by atoms with Crippen LogP contribution in [0.5, 0.6) is 5.75 Å². The van der Waals surface area contributed by atoms with Gasteiger partial charge in [-0.05, 0) is 17.7 Å². The summed E-state index contributed by atoms with van der Waals surface area (Å²) in [6.07, 6.45) is -0.695. The topological polar surface area (TPSA) is 84.9 Å². The normalized spacial score (nSPS) is 14.3. The molecule has 0 unspecified atom stereocenters. The second kappa shape index (κ2) is 6.05. The third kappa shape index (κ3) is 3.25. The predicted molar refractivity (Wildman–Crippen MR) is 67.4 cm³/mol. The number of imide groups is 1. The number of hydrogen-bond donors (Lipinski definition) is 1. The van der Waals surface area contributed by atoms with Gasteiger partial charge in [0.2, 0.25) is 0 Å². The fourth-order valence-electron chi connectivity index (χ4n) is 1.69. The fourth-order valence-corrected chi connectivity index (χ4v) is 1.69. The van der Waals surface area contributed by atoms with Crippen molar-refractivity contribution in [2.75, 3.05) is 7.11 Å². The molecule has 0 spiro atoms. The molecule has 0 aromatic heterocycles. The van der Waals surface area contributed by atoms with E-state index in [1.807, 2.05) is 0 Å². The van der Waals surface area contributed by atoms with Gasteiger partial charge < -0.3 is 14.9 Å². The molecule has 1 fully saturated rings. The van der Waals surface area contributed by atoms with Crippen molar-refractivity contribution in [1.29, 1.82) is 0 Å². The number of ether oxygens (including phenoxy) is 1. The SMILES string of the molecule is COc1ccc(CNC(=O)ON2C(=O)CCC2=O)cc1. The largest absolute Gasteiger partial charge is 0.497 e. The molecule has 2 rings (SSSR count). The Bertz CT molecular complexity index is 510. The first-order chi connectivity index (χ1) is 9.60. The van der Waals surface area contributed by atoms with Gasteiger partial charge in [-0.1, -0.05) is 12.1 Å². The van der Waals surface area contributed by atoms with E-state index in [0.717, 1.165) is 5.56 Å². The van der Waals surface area contributed by atoms with Crippen LogP contribution in [0, 0.1) is 0 Å². The minimum atomic E-state index is -0.843. The van der Waals surface area contributed by atoms with Crippen molar-refractivity contribution in [3.63, 3.8) is 0 Å². The summed E-state index contributed by atoms with van der Waals surface area (Å²) in [5.74, 6) is -0.297. The number of rotatable bonds is 4. The zero-order chi connectivity index (χ0) is 14.5. The predicted octanol–water partition coefficient (Wildman–Crippen LogP) is 0.985. The molecule has 3 amide bonds. The van der Waals surface area contributed by atoms with Gasteiger partial charge in [-0.15, -0.1) is 5.06 Å². The summed E-state index contributed by atoms with van der Waals surface area (Å²) < 4.78 is 5.01. The monoisotopic (exact) mass is 278 g/mol. The molecular weight excluding hydrogens is 264 g/mol. The average molecular weight is 278 g/mol. The second-order valence-corrected chi connectivity index (χ2v) is 4.16. The molecule has 7 nitrogen and oxygen atoms in total. The Hall–Kier alpha value is -2.57. The molecule has 0 bridgehead atoms. The van der Waals surface area contributed by atoms with Crippen molar-refractivity contribution < 1.29 is 24.0 Å². The smallest absolute Gasteiger partial charge is 0.432 e. The zero-order valence-corrected chi connectivity index (χ0v) is 10.9. The molecular formula is C13H14N2O5. The molecule has 20 heavy (non-hydrogen) atoms. The summed E-state index contributed by atoms with van der Waals surface area (Å²) in [4.78, 5) is 38.6. The Morgan fingerprint density at radius 3 is 2.35 bits per heavy atom. The highest BCUT2D eigenvalue weighted by atomic mass is 16.7. The highest BCUT2D eigenvalue weighted by Crippen LogP contribution is 2.13. The molecule has 1 aliphatic heterocycles. The first-order valence-electron chi connectivity index (χ1n) is 6.04.